The van der Waals surface area contributed by atoms with E-state index in [2.05, 4.69) is 209 Å². The average Bonchev–Trinajstić information content (AvgIpc) is 3.77. The lowest BCUT2D eigenvalue weighted by Crippen LogP contribution is -2.26. The van der Waals surface area contributed by atoms with Gasteiger partial charge in [0, 0.05) is 22.5 Å². The summed E-state index contributed by atoms with van der Waals surface area (Å²) in [4.78, 5) is 2.50. The van der Waals surface area contributed by atoms with E-state index in [1.54, 1.807) is 0 Å². The fraction of sp³-hybridized carbons (Fsp3) is 0.111. The fourth-order valence-corrected chi connectivity index (χ4v) is 10.6. The summed E-state index contributed by atoms with van der Waals surface area (Å²) in [5.74, 6) is 0. The minimum Gasteiger partial charge on any atom is -0.310 e. The van der Waals surface area contributed by atoms with Gasteiger partial charge in [-0.2, -0.15) is 0 Å². The molecule has 0 bridgehead atoms. The van der Waals surface area contributed by atoms with Gasteiger partial charge in [0.05, 0.1) is 5.41 Å². The largest absolute Gasteiger partial charge is 0.310 e. The highest BCUT2D eigenvalue weighted by Crippen LogP contribution is 2.63. The highest BCUT2D eigenvalue weighted by molar-refractivity contribution is 5.96. The normalized spacial score (nSPS) is 14.5. The molecule has 0 saturated heterocycles. The van der Waals surface area contributed by atoms with E-state index in [0.29, 0.717) is 0 Å². The first-order chi connectivity index (χ1) is 26.9. The molecule has 0 fully saturated rings. The molecule has 0 aliphatic heterocycles. The van der Waals surface area contributed by atoms with E-state index >= 15 is 0 Å². The molecule has 8 aromatic carbocycles. The molecule has 0 heterocycles. The Labute approximate surface area is 324 Å². The van der Waals surface area contributed by atoms with Crippen molar-refractivity contribution in [2.24, 2.45) is 0 Å². The van der Waals surface area contributed by atoms with Crippen LogP contribution in [0.25, 0.3) is 44.5 Å². The molecule has 0 radical (unpaired) electrons. The Morgan fingerprint density at radius 3 is 1.33 bits per heavy atom. The second-order valence-corrected chi connectivity index (χ2v) is 16.2. The maximum atomic E-state index is 2.51. The molecule has 1 nitrogen and oxygen atoms in total. The molecule has 55 heavy (non-hydrogen) atoms. The minimum atomic E-state index is -0.414. The van der Waals surface area contributed by atoms with Crippen LogP contribution in [0, 0.1) is 13.8 Å². The number of nitrogens with zero attached hydrogens (tertiary/aromatic N) is 1. The van der Waals surface area contributed by atoms with Gasteiger partial charge in [-0.1, -0.05) is 153 Å². The Balaban J connectivity index is 1.18. The number of aryl methyl sites for hydroxylation is 2. The lowest BCUT2D eigenvalue weighted by molar-refractivity contribution is 0.660. The van der Waals surface area contributed by atoms with Crippen molar-refractivity contribution < 1.29 is 0 Å². The van der Waals surface area contributed by atoms with Crippen molar-refractivity contribution in [1.29, 1.82) is 0 Å². The van der Waals surface area contributed by atoms with Gasteiger partial charge in [-0.3, -0.25) is 0 Å². The van der Waals surface area contributed by atoms with Crippen molar-refractivity contribution in [1.82, 2.24) is 0 Å². The first-order valence-corrected chi connectivity index (χ1v) is 19.5. The summed E-state index contributed by atoms with van der Waals surface area (Å²) in [6.07, 6.45) is 0. The van der Waals surface area contributed by atoms with Crippen LogP contribution in [0.3, 0.4) is 0 Å². The predicted octanol–water partition coefficient (Wildman–Crippen LogP) is 14.1. The van der Waals surface area contributed by atoms with Crippen LogP contribution in [0.2, 0.25) is 0 Å². The number of fused-ring (bicyclic) bond motifs is 13. The quantitative estimate of drug-likeness (QED) is 0.176. The van der Waals surface area contributed by atoms with E-state index in [1.807, 2.05) is 0 Å². The van der Waals surface area contributed by atoms with E-state index in [9.17, 15) is 0 Å². The molecule has 11 rings (SSSR count). The summed E-state index contributed by atoms with van der Waals surface area (Å²) < 4.78 is 0. The molecule has 0 atom stereocenters. The van der Waals surface area contributed by atoms with Gasteiger partial charge in [-0.05, 0) is 139 Å². The zero-order chi connectivity index (χ0) is 37.1. The smallest absolute Gasteiger partial charge is 0.0726 e. The van der Waals surface area contributed by atoms with Gasteiger partial charge >= 0.3 is 0 Å². The van der Waals surface area contributed by atoms with Gasteiger partial charge in [0.1, 0.15) is 0 Å². The molecule has 3 aliphatic carbocycles. The van der Waals surface area contributed by atoms with Crippen molar-refractivity contribution in [2.75, 3.05) is 4.90 Å². The van der Waals surface area contributed by atoms with Crippen molar-refractivity contribution in [3.8, 4) is 44.5 Å². The van der Waals surface area contributed by atoms with Gasteiger partial charge in [0.25, 0.3) is 0 Å². The van der Waals surface area contributed by atoms with E-state index < -0.39 is 5.41 Å². The van der Waals surface area contributed by atoms with E-state index in [0.717, 1.165) is 17.1 Å². The molecular formula is C54H41N. The van der Waals surface area contributed by atoms with Crippen LogP contribution in [0.5, 0.6) is 0 Å². The van der Waals surface area contributed by atoms with Crippen LogP contribution in [0.1, 0.15) is 58.4 Å². The zero-order valence-electron chi connectivity index (χ0n) is 31.7. The van der Waals surface area contributed by atoms with Crippen molar-refractivity contribution in [3.05, 3.63) is 220 Å². The Morgan fingerprint density at radius 2 is 0.764 bits per heavy atom. The number of rotatable bonds is 4. The van der Waals surface area contributed by atoms with Crippen molar-refractivity contribution in [3.63, 3.8) is 0 Å². The number of hydrogen-bond acceptors (Lipinski definition) is 1. The molecule has 262 valence electrons. The summed E-state index contributed by atoms with van der Waals surface area (Å²) in [6, 6.07) is 66.3. The molecule has 0 amide bonds. The maximum Gasteiger partial charge on any atom is 0.0726 e. The lowest BCUT2D eigenvalue weighted by atomic mass is 9.70. The van der Waals surface area contributed by atoms with Crippen molar-refractivity contribution in [2.45, 2.75) is 38.5 Å². The molecule has 0 N–H and O–H groups in total. The highest BCUT2D eigenvalue weighted by atomic mass is 15.1. The summed E-state index contributed by atoms with van der Waals surface area (Å²) in [5.41, 5.74) is 24.2. The molecular weight excluding hydrogens is 663 g/mol. The average molecular weight is 704 g/mol. The van der Waals surface area contributed by atoms with Gasteiger partial charge in [0.15, 0.2) is 0 Å². The van der Waals surface area contributed by atoms with Crippen LogP contribution in [0.4, 0.5) is 17.1 Å². The highest BCUT2D eigenvalue weighted by Gasteiger charge is 2.51. The summed E-state index contributed by atoms with van der Waals surface area (Å²) in [5, 5.41) is 0. The molecule has 0 saturated carbocycles. The molecule has 1 heteroatoms. The first-order valence-electron chi connectivity index (χ1n) is 19.5. The topological polar surface area (TPSA) is 3.24 Å². The number of anilines is 3. The van der Waals surface area contributed by atoms with Crippen LogP contribution >= 0.6 is 0 Å². The summed E-state index contributed by atoms with van der Waals surface area (Å²) in [6.45, 7) is 9.20. The van der Waals surface area contributed by atoms with Gasteiger partial charge < -0.3 is 4.90 Å². The lowest BCUT2D eigenvalue weighted by Gasteiger charge is -2.32. The molecule has 3 aliphatic rings. The van der Waals surface area contributed by atoms with Crippen LogP contribution in [-0.4, -0.2) is 0 Å². The second-order valence-electron chi connectivity index (χ2n) is 16.2. The Hall–Kier alpha value is -6.44. The number of benzene rings is 8. The Morgan fingerprint density at radius 1 is 0.345 bits per heavy atom. The third kappa shape index (κ3) is 4.30. The Bertz CT molecular complexity index is 2800. The van der Waals surface area contributed by atoms with E-state index in [4.69, 9.17) is 0 Å². The molecule has 1 spiro atoms. The third-order valence-electron chi connectivity index (χ3n) is 12.9. The SMILES string of the molecule is Cc1cccc(C)c1-c1cccc(N(c2ccc3c(c2)C(C)(C)c2ccccc2-3)c2ccc3c(c2)C2(c4ccccc4-c4ccccc42)c2ccccc2-3)c1. The summed E-state index contributed by atoms with van der Waals surface area (Å²) >= 11 is 0. The minimum absolute atomic E-state index is 0.116. The number of hydrogen-bond donors (Lipinski definition) is 0. The van der Waals surface area contributed by atoms with Gasteiger partial charge in [0.2, 0.25) is 0 Å². The van der Waals surface area contributed by atoms with Crippen LogP contribution < -0.4 is 4.90 Å². The predicted molar refractivity (Wildman–Crippen MR) is 230 cm³/mol. The molecule has 8 aromatic rings. The first kappa shape index (κ1) is 32.0. The molecule has 0 aromatic heterocycles. The van der Waals surface area contributed by atoms with E-state index in [1.165, 1.54) is 89.0 Å². The van der Waals surface area contributed by atoms with Crippen LogP contribution in [0.15, 0.2) is 176 Å². The third-order valence-corrected chi connectivity index (χ3v) is 12.9. The van der Waals surface area contributed by atoms with Crippen LogP contribution in [-0.2, 0) is 10.8 Å². The summed E-state index contributed by atoms with van der Waals surface area (Å²) in [7, 11) is 0. The Kier molecular flexibility index (Phi) is 6.72. The van der Waals surface area contributed by atoms with Gasteiger partial charge in [-0.15, -0.1) is 0 Å². The standard InChI is InChI=1S/C54H41N/c1-34-15-13-16-35(2)52(34)36-17-14-18-37(31-36)55(38-27-29-44-40-19-5-9-23-46(40)53(3,4)50(44)32-38)39-28-30-45-43-22-8-12-26-49(43)54(51(45)33-39)47-24-10-6-20-41(47)42-21-7-11-25-48(42)54/h5-33H,1-4H3. The fourth-order valence-electron chi connectivity index (χ4n) is 10.6. The second kappa shape index (κ2) is 11.5. The van der Waals surface area contributed by atoms with E-state index in [-0.39, 0.29) is 5.41 Å². The maximum absolute atomic E-state index is 2.51. The monoisotopic (exact) mass is 703 g/mol. The van der Waals surface area contributed by atoms with Crippen molar-refractivity contribution >= 4 is 17.1 Å². The van der Waals surface area contributed by atoms with Gasteiger partial charge in [-0.25, -0.2) is 0 Å². The molecule has 0 unspecified atom stereocenters. The zero-order valence-corrected chi connectivity index (χ0v) is 31.7.